The van der Waals surface area contributed by atoms with Gasteiger partial charge in [0.1, 0.15) is 0 Å². The van der Waals surface area contributed by atoms with E-state index in [9.17, 15) is 4.79 Å². The van der Waals surface area contributed by atoms with Crippen molar-refractivity contribution in [3.63, 3.8) is 0 Å². The first-order valence-electron chi connectivity index (χ1n) is 7.51. The Bertz CT molecular complexity index is 195. The fraction of sp³-hybridized carbons (Fsp3) is 0.933. The van der Waals surface area contributed by atoms with Crippen LogP contribution in [0.1, 0.15) is 77.6 Å². The molecule has 100 valence electrons. The third-order valence-electron chi connectivity index (χ3n) is 3.68. The van der Waals surface area contributed by atoms with Crippen molar-refractivity contribution in [1.29, 1.82) is 0 Å². The van der Waals surface area contributed by atoms with Crippen LogP contribution in [0.15, 0.2) is 0 Å². The summed E-state index contributed by atoms with van der Waals surface area (Å²) in [7, 11) is 0. The second-order valence-electron chi connectivity index (χ2n) is 5.27. The molecule has 17 heavy (non-hydrogen) atoms. The summed E-state index contributed by atoms with van der Waals surface area (Å²) in [6.45, 7) is 2.88. The van der Waals surface area contributed by atoms with Gasteiger partial charge < -0.3 is 4.74 Å². The van der Waals surface area contributed by atoms with Gasteiger partial charge in [0.05, 0.1) is 12.5 Å². The molecule has 0 N–H and O–H groups in total. The first-order valence-corrected chi connectivity index (χ1v) is 7.51. The van der Waals surface area contributed by atoms with Crippen LogP contribution in [0.3, 0.4) is 0 Å². The lowest BCUT2D eigenvalue weighted by molar-refractivity contribution is -0.148. The minimum Gasteiger partial charge on any atom is -0.465 e. The molecule has 0 aromatic heterocycles. The van der Waals surface area contributed by atoms with Gasteiger partial charge in [-0.2, -0.15) is 0 Å². The van der Waals surface area contributed by atoms with Crippen LogP contribution in [0.5, 0.6) is 0 Å². The van der Waals surface area contributed by atoms with E-state index in [-0.39, 0.29) is 11.9 Å². The molecule has 0 radical (unpaired) electrons. The predicted molar refractivity (Wildman–Crippen MR) is 70.9 cm³/mol. The van der Waals surface area contributed by atoms with Crippen LogP contribution in [0.2, 0.25) is 0 Å². The summed E-state index contributed by atoms with van der Waals surface area (Å²) < 4.78 is 5.31. The molecule has 1 saturated carbocycles. The number of ether oxygens (including phenoxy) is 1. The molecule has 1 aliphatic carbocycles. The van der Waals surface area contributed by atoms with Crippen molar-refractivity contribution in [2.24, 2.45) is 5.92 Å². The van der Waals surface area contributed by atoms with Crippen molar-refractivity contribution in [1.82, 2.24) is 0 Å². The molecule has 1 rings (SSSR count). The summed E-state index contributed by atoms with van der Waals surface area (Å²) in [6, 6.07) is 0. The Labute approximate surface area is 106 Å². The molecule has 1 aliphatic rings. The van der Waals surface area contributed by atoms with Crippen LogP contribution in [0.25, 0.3) is 0 Å². The van der Waals surface area contributed by atoms with Crippen LogP contribution in [0, 0.1) is 5.92 Å². The molecule has 0 heterocycles. The maximum Gasteiger partial charge on any atom is 0.308 e. The van der Waals surface area contributed by atoms with Gasteiger partial charge in [-0.25, -0.2) is 0 Å². The van der Waals surface area contributed by atoms with E-state index in [1.54, 1.807) is 0 Å². The lowest BCUT2D eigenvalue weighted by Gasteiger charge is -2.09. The monoisotopic (exact) mass is 240 g/mol. The fourth-order valence-corrected chi connectivity index (χ4v) is 2.51. The second-order valence-corrected chi connectivity index (χ2v) is 5.27. The van der Waals surface area contributed by atoms with Gasteiger partial charge in [-0.1, -0.05) is 58.3 Å². The summed E-state index contributed by atoms with van der Waals surface area (Å²) in [4.78, 5) is 11.6. The van der Waals surface area contributed by atoms with E-state index in [2.05, 4.69) is 6.92 Å². The van der Waals surface area contributed by atoms with Crippen LogP contribution in [0.4, 0.5) is 0 Å². The fourth-order valence-electron chi connectivity index (χ4n) is 2.51. The number of rotatable bonds is 9. The van der Waals surface area contributed by atoms with Crippen molar-refractivity contribution in [2.45, 2.75) is 77.6 Å². The number of carbonyl (C=O) groups excluding carboxylic acids is 1. The molecule has 0 aromatic carbocycles. The number of esters is 1. The summed E-state index contributed by atoms with van der Waals surface area (Å²) in [5, 5.41) is 0. The van der Waals surface area contributed by atoms with Gasteiger partial charge >= 0.3 is 5.97 Å². The Balaban J connectivity index is 1.85. The van der Waals surface area contributed by atoms with E-state index in [4.69, 9.17) is 4.74 Å². The third kappa shape index (κ3) is 6.70. The van der Waals surface area contributed by atoms with Crippen molar-refractivity contribution in [3.05, 3.63) is 0 Å². The maximum absolute atomic E-state index is 11.6. The third-order valence-corrected chi connectivity index (χ3v) is 3.68. The normalized spacial score (nSPS) is 16.3. The van der Waals surface area contributed by atoms with Gasteiger partial charge in [0, 0.05) is 0 Å². The molecule has 0 bridgehead atoms. The standard InChI is InChI=1S/C15H28O2/c1-2-3-4-5-6-7-10-13-17-15(16)14-11-8-9-12-14/h14H,2-13H2,1H3. The Kier molecular flexibility index (Phi) is 8.12. The smallest absolute Gasteiger partial charge is 0.308 e. The van der Waals surface area contributed by atoms with Crippen LogP contribution in [-0.4, -0.2) is 12.6 Å². The topological polar surface area (TPSA) is 26.3 Å². The molecule has 0 unspecified atom stereocenters. The number of carbonyl (C=O) groups is 1. The average Bonchev–Trinajstić information content (AvgIpc) is 2.86. The average molecular weight is 240 g/mol. The van der Waals surface area contributed by atoms with Gasteiger partial charge in [-0.15, -0.1) is 0 Å². The van der Waals surface area contributed by atoms with E-state index in [0.29, 0.717) is 6.61 Å². The van der Waals surface area contributed by atoms with E-state index < -0.39 is 0 Å². The summed E-state index contributed by atoms with van der Waals surface area (Å²) >= 11 is 0. The molecule has 1 fully saturated rings. The Morgan fingerprint density at radius 2 is 1.59 bits per heavy atom. The highest BCUT2D eigenvalue weighted by atomic mass is 16.5. The number of unbranched alkanes of at least 4 members (excludes halogenated alkanes) is 6. The SMILES string of the molecule is CCCCCCCCCOC(=O)C1CCCC1. The Hall–Kier alpha value is -0.530. The molecule has 0 aliphatic heterocycles. The van der Waals surface area contributed by atoms with Crippen LogP contribution < -0.4 is 0 Å². The highest BCUT2D eigenvalue weighted by Gasteiger charge is 2.23. The van der Waals surface area contributed by atoms with Gasteiger partial charge in [0.25, 0.3) is 0 Å². The van der Waals surface area contributed by atoms with Crippen LogP contribution >= 0.6 is 0 Å². The predicted octanol–water partition coefficient (Wildman–Crippen LogP) is 4.47. The molecule has 0 aromatic rings. The van der Waals surface area contributed by atoms with Crippen molar-refractivity contribution >= 4 is 5.97 Å². The minimum atomic E-state index is 0.0634. The lowest BCUT2D eigenvalue weighted by atomic mass is 10.1. The molecular formula is C15H28O2. The summed E-state index contributed by atoms with van der Waals surface area (Å²) in [5.41, 5.74) is 0. The first-order chi connectivity index (χ1) is 8.34. The Morgan fingerprint density at radius 3 is 2.24 bits per heavy atom. The minimum absolute atomic E-state index is 0.0634. The highest BCUT2D eigenvalue weighted by Crippen LogP contribution is 2.25. The zero-order valence-electron chi connectivity index (χ0n) is 11.4. The molecule has 2 nitrogen and oxygen atoms in total. The summed E-state index contributed by atoms with van der Waals surface area (Å²) in [6.07, 6.45) is 13.4. The van der Waals surface area contributed by atoms with Gasteiger partial charge in [-0.3, -0.25) is 4.79 Å². The molecule has 0 spiro atoms. The van der Waals surface area contributed by atoms with E-state index >= 15 is 0 Å². The zero-order chi connectivity index (χ0) is 12.3. The van der Waals surface area contributed by atoms with Crippen molar-refractivity contribution in [2.75, 3.05) is 6.61 Å². The highest BCUT2D eigenvalue weighted by molar-refractivity contribution is 5.72. The lowest BCUT2D eigenvalue weighted by Crippen LogP contribution is -2.15. The van der Waals surface area contributed by atoms with Crippen molar-refractivity contribution < 1.29 is 9.53 Å². The molecule has 0 atom stereocenters. The first kappa shape index (κ1) is 14.5. The second kappa shape index (κ2) is 9.49. The summed E-state index contributed by atoms with van der Waals surface area (Å²) in [5.74, 6) is 0.285. The van der Waals surface area contributed by atoms with E-state index in [1.165, 1.54) is 51.4 Å². The number of hydrogen-bond donors (Lipinski definition) is 0. The van der Waals surface area contributed by atoms with Gasteiger partial charge in [0.15, 0.2) is 0 Å². The molecule has 0 saturated heterocycles. The largest absolute Gasteiger partial charge is 0.465 e. The van der Waals surface area contributed by atoms with Crippen LogP contribution in [-0.2, 0) is 9.53 Å². The van der Waals surface area contributed by atoms with Gasteiger partial charge in [0.2, 0.25) is 0 Å². The van der Waals surface area contributed by atoms with Gasteiger partial charge in [-0.05, 0) is 19.3 Å². The molecular weight excluding hydrogens is 212 g/mol. The van der Waals surface area contributed by atoms with E-state index in [1.807, 2.05) is 0 Å². The quantitative estimate of drug-likeness (QED) is 0.439. The number of hydrogen-bond acceptors (Lipinski definition) is 2. The molecule has 2 heteroatoms. The van der Waals surface area contributed by atoms with E-state index in [0.717, 1.165) is 19.3 Å². The van der Waals surface area contributed by atoms with Crippen molar-refractivity contribution in [3.8, 4) is 0 Å². The molecule has 0 amide bonds. The maximum atomic E-state index is 11.6. The Morgan fingerprint density at radius 1 is 1.00 bits per heavy atom. The zero-order valence-corrected chi connectivity index (χ0v) is 11.4.